The minimum absolute atomic E-state index is 0.624. The quantitative estimate of drug-likeness (QED) is 0.649. The number of nitrogens with zero attached hydrogens (tertiary/aromatic N) is 1. The molecule has 1 aliphatic heterocycles. The summed E-state index contributed by atoms with van der Waals surface area (Å²) in [6, 6.07) is 0. The van der Waals surface area contributed by atoms with Gasteiger partial charge in [0.25, 0.3) is 0 Å². The Balaban J connectivity index is 2.98. The van der Waals surface area contributed by atoms with Crippen LogP contribution >= 0.6 is 22.6 Å². The molecule has 1 nitrogen and oxygen atoms in total. The molecular formula is C10H16IN. The molecule has 0 aromatic heterocycles. The molecule has 1 heterocycles. The topological polar surface area (TPSA) is 12.4 Å². The van der Waals surface area contributed by atoms with Crippen LogP contribution < -0.4 is 0 Å². The Bertz CT molecular complexity index is 226. The molecule has 0 bridgehead atoms. The standard InChI is InChI=1S/C10H16IN/c1-7(2)10-8(3)12-6-4-5-9(10)11/h7H,4-6H2,1-3H3. The number of hydrogen-bond acceptors (Lipinski definition) is 1. The number of rotatable bonds is 1. The van der Waals surface area contributed by atoms with Gasteiger partial charge >= 0.3 is 0 Å². The van der Waals surface area contributed by atoms with Crippen LogP contribution in [-0.4, -0.2) is 12.3 Å². The fourth-order valence-corrected chi connectivity index (χ4v) is 3.02. The van der Waals surface area contributed by atoms with E-state index in [2.05, 4.69) is 48.4 Å². The predicted octanol–water partition coefficient (Wildman–Crippen LogP) is 3.59. The van der Waals surface area contributed by atoms with Gasteiger partial charge in [0.15, 0.2) is 0 Å². The van der Waals surface area contributed by atoms with Crippen LogP contribution in [0.25, 0.3) is 0 Å². The van der Waals surface area contributed by atoms with Crippen LogP contribution in [0.2, 0.25) is 0 Å². The Morgan fingerprint density at radius 3 is 2.67 bits per heavy atom. The Morgan fingerprint density at radius 2 is 2.08 bits per heavy atom. The van der Waals surface area contributed by atoms with E-state index in [1.807, 2.05) is 0 Å². The molecule has 0 radical (unpaired) electrons. The van der Waals surface area contributed by atoms with Crippen molar-refractivity contribution < 1.29 is 0 Å². The molecule has 0 unspecified atom stereocenters. The van der Waals surface area contributed by atoms with E-state index in [9.17, 15) is 0 Å². The third kappa shape index (κ3) is 2.31. The zero-order chi connectivity index (χ0) is 9.14. The molecule has 0 atom stereocenters. The molecule has 1 rings (SSSR count). The average Bonchev–Trinajstić information content (AvgIpc) is 2.11. The summed E-state index contributed by atoms with van der Waals surface area (Å²) in [4.78, 5) is 4.53. The smallest absolute Gasteiger partial charge is 0.0395 e. The van der Waals surface area contributed by atoms with E-state index in [-0.39, 0.29) is 0 Å². The van der Waals surface area contributed by atoms with Crippen molar-refractivity contribution >= 4 is 28.3 Å². The first-order valence-electron chi connectivity index (χ1n) is 4.53. The van der Waals surface area contributed by atoms with E-state index in [0.717, 1.165) is 6.54 Å². The van der Waals surface area contributed by atoms with Crippen LogP contribution in [0.15, 0.2) is 14.1 Å². The van der Waals surface area contributed by atoms with Gasteiger partial charge in [0.05, 0.1) is 0 Å². The highest BCUT2D eigenvalue weighted by Crippen LogP contribution is 2.27. The van der Waals surface area contributed by atoms with E-state index in [1.54, 1.807) is 0 Å². The second-order valence-corrected chi connectivity index (χ2v) is 4.85. The van der Waals surface area contributed by atoms with Crippen LogP contribution in [0.4, 0.5) is 0 Å². The molecule has 0 fully saturated rings. The van der Waals surface area contributed by atoms with Gasteiger partial charge in [-0.1, -0.05) is 13.8 Å². The minimum Gasteiger partial charge on any atom is -0.290 e. The van der Waals surface area contributed by atoms with Crippen molar-refractivity contribution in [1.29, 1.82) is 0 Å². The van der Waals surface area contributed by atoms with Crippen LogP contribution in [-0.2, 0) is 0 Å². The fraction of sp³-hybridized carbons (Fsp3) is 0.700. The average molecular weight is 277 g/mol. The summed E-state index contributed by atoms with van der Waals surface area (Å²) in [5.41, 5.74) is 2.74. The van der Waals surface area contributed by atoms with Gasteiger partial charge in [-0.3, -0.25) is 4.99 Å². The van der Waals surface area contributed by atoms with Crippen molar-refractivity contribution in [1.82, 2.24) is 0 Å². The molecule has 12 heavy (non-hydrogen) atoms. The number of halogens is 1. The van der Waals surface area contributed by atoms with E-state index < -0.39 is 0 Å². The lowest BCUT2D eigenvalue weighted by molar-refractivity contribution is 0.792. The maximum absolute atomic E-state index is 4.53. The van der Waals surface area contributed by atoms with Crippen molar-refractivity contribution in [3.63, 3.8) is 0 Å². The predicted molar refractivity (Wildman–Crippen MR) is 63.1 cm³/mol. The minimum atomic E-state index is 0.624. The molecule has 0 aromatic rings. The molecule has 0 saturated heterocycles. The summed E-state index contributed by atoms with van der Waals surface area (Å²) in [5, 5.41) is 0. The second-order valence-electron chi connectivity index (χ2n) is 3.54. The summed E-state index contributed by atoms with van der Waals surface area (Å²) >= 11 is 2.47. The molecule has 0 spiro atoms. The van der Waals surface area contributed by atoms with Gasteiger partial charge in [-0.15, -0.1) is 0 Å². The molecule has 0 N–H and O–H groups in total. The monoisotopic (exact) mass is 277 g/mol. The second kappa shape index (κ2) is 4.40. The van der Waals surface area contributed by atoms with Crippen molar-refractivity contribution in [2.75, 3.05) is 6.54 Å². The van der Waals surface area contributed by atoms with Crippen LogP contribution in [0.5, 0.6) is 0 Å². The molecule has 68 valence electrons. The maximum atomic E-state index is 4.53. The van der Waals surface area contributed by atoms with Gasteiger partial charge < -0.3 is 0 Å². The van der Waals surface area contributed by atoms with E-state index >= 15 is 0 Å². The summed E-state index contributed by atoms with van der Waals surface area (Å²) in [7, 11) is 0. The van der Waals surface area contributed by atoms with Crippen molar-refractivity contribution in [2.24, 2.45) is 10.9 Å². The Labute approximate surface area is 88.5 Å². The first-order chi connectivity index (χ1) is 5.63. The highest BCUT2D eigenvalue weighted by Gasteiger charge is 2.13. The molecular weight excluding hydrogens is 261 g/mol. The van der Waals surface area contributed by atoms with Crippen molar-refractivity contribution in [3.8, 4) is 0 Å². The molecule has 0 aromatic carbocycles. The third-order valence-electron chi connectivity index (χ3n) is 2.16. The highest BCUT2D eigenvalue weighted by atomic mass is 127. The Kier molecular flexibility index (Phi) is 3.75. The molecule has 0 amide bonds. The van der Waals surface area contributed by atoms with Crippen LogP contribution in [0.1, 0.15) is 33.6 Å². The summed E-state index contributed by atoms with van der Waals surface area (Å²) in [6.07, 6.45) is 2.43. The van der Waals surface area contributed by atoms with Gasteiger partial charge in [0, 0.05) is 12.3 Å². The van der Waals surface area contributed by atoms with Crippen molar-refractivity contribution in [3.05, 3.63) is 9.15 Å². The zero-order valence-electron chi connectivity index (χ0n) is 8.02. The van der Waals surface area contributed by atoms with Gasteiger partial charge in [-0.2, -0.15) is 0 Å². The zero-order valence-corrected chi connectivity index (χ0v) is 10.2. The van der Waals surface area contributed by atoms with Gasteiger partial charge in [-0.05, 0) is 57.4 Å². The fourth-order valence-electron chi connectivity index (χ4n) is 1.63. The van der Waals surface area contributed by atoms with Gasteiger partial charge in [-0.25, -0.2) is 0 Å². The largest absolute Gasteiger partial charge is 0.290 e. The summed E-state index contributed by atoms with van der Waals surface area (Å²) < 4.78 is 1.52. The Morgan fingerprint density at radius 1 is 1.42 bits per heavy atom. The SMILES string of the molecule is CC1=NCCCC(I)=C1C(C)C. The first kappa shape index (κ1) is 10.2. The Hall–Kier alpha value is 0.140. The van der Waals surface area contributed by atoms with Crippen LogP contribution in [0.3, 0.4) is 0 Å². The molecule has 0 aliphatic carbocycles. The third-order valence-corrected chi connectivity index (χ3v) is 3.28. The van der Waals surface area contributed by atoms with E-state index in [4.69, 9.17) is 0 Å². The highest BCUT2D eigenvalue weighted by molar-refractivity contribution is 14.1. The molecule has 0 saturated carbocycles. The molecule has 1 aliphatic rings. The number of hydrogen-bond donors (Lipinski definition) is 0. The normalized spacial score (nSPS) is 19.6. The van der Waals surface area contributed by atoms with E-state index in [1.165, 1.54) is 27.7 Å². The number of aliphatic imine (C=N–C) groups is 1. The van der Waals surface area contributed by atoms with Crippen LogP contribution in [0, 0.1) is 5.92 Å². The summed E-state index contributed by atoms with van der Waals surface area (Å²) in [5.74, 6) is 0.624. The number of allylic oxidation sites excluding steroid dienone is 2. The lowest BCUT2D eigenvalue weighted by atomic mass is 9.98. The molecule has 2 heteroatoms. The van der Waals surface area contributed by atoms with Gasteiger partial charge in [0.1, 0.15) is 0 Å². The lowest BCUT2D eigenvalue weighted by Gasteiger charge is -2.12. The lowest BCUT2D eigenvalue weighted by Crippen LogP contribution is -2.05. The first-order valence-corrected chi connectivity index (χ1v) is 5.60. The van der Waals surface area contributed by atoms with E-state index in [0.29, 0.717) is 5.92 Å². The maximum Gasteiger partial charge on any atom is 0.0395 e. The van der Waals surface area contributed by atoms with Crippen molar-refractivity contribution in [2.45, 2.75) is 33.6 Å². The van der Waals surface area contributed by atoms with Gasteiger partial charge in [0.2, 0.25) is 0 Å². The summed E-state index contributed by atoms with van der Waals surface area (Å²) in [6.45, 7) is 7.64.